The molecule has 158 valence electrons. The first kappa shape index (κ1) is 20.5. The van der Waals surface area contributed by atoms with Gasteiger partial charge in [-0.3, -0.25) is 4.79 Å². The topological polar surface area (TPSA) is 98.5 Å². The number of ether oxygens (including phenoxy) is 2. The van der Waals surface area contributed by atoms with E-state index in [2.05, 4.69) is 15.4 Å². The molecule has 1 amide bonds. The Morgan fingerprint density at radius 1 is 1.30 bits per heavy atom. The van der Waals surface area contributed by atoms with Gasteiger partial charge in [0, 0.05) is 36.4 Å². The summed E-state index contributed by atoms with van der Waals surface area (Å²) in [6.45, 7) is 1.21. The number of rotatable bonds is 9. The van der Waals surface area contributed by atoms with Crippen molar-refractivity contribution in [2.45, 2.75) is 31.5 Å². The Balaban J connectivity index is 1.46. The van der Waals surface area contributed by atoms with Gasteiger partial charge in [0.05, 0.1) is 31.2 Å². The largest absolute Gasteiger partial charge is 0.386 e. The number of hydrogen-bond acceptors (Lipinski definition) is 6. The predicted octanol–water partition coefficient (Wildman–Crippen LogP) is 2.40. The second-order valence-corrected chi connectivity index (χ2v) is 7.44. The number of fused-ring (bicyclic) bond motifs is 1. The number of aromatic nitrogens is 3. The van der Waals surface area contributed by atoms with E-state index in [-0.39, 0.29) is 18.6 Å². The predicted molar refractivity (Wildman–Crippen MR) is 112 cm³/mol. The summed E-state index contributed by atoms with van der Waals surface area (Å²) in [5.74, 6) is -0.148. The van der Waals surface area contributed by atoms with Gasteiger partial charge in [0.15, 0.2) is 5.65 Å². The second kappa shape index (κ2) is 9.34. The van der Waals surface area contributed by atoms with Crippen LogP contribution < -0.4 is 5.32 Å². The minimum absolute atomic E-state index is 0.148. The van der Waals surface area contributed by atoms with Crippen LogP contribution in [-0.4, -0.2) is 58.8 Å². The van der Waals surface area contributed by atoms with Gasteiger partial charge in [0.25, 0.3) is 5.91 Å². The van der Waals surface area contributed by atoms with Crippen LogP contribution in [0.1, 0.15) is 41.3 Å². The number of carbonyl (C=O) groups excluding carboxylic acids is 1. The molecule has 1 saturated carbocycles. The van der Waals surface area contributed by atoms with Gasteiger partial charge in [0.1, 0.15) is 6.10 Å². The Labute approximate surface area is 174 Å². The summed E-state index contributed by atoms with van der Waals surface area (Å²) in [6, 6.07) is 9.04. The molecule has 3 aromatic rings. The van der Waals surface area contributed by atoms with Crippen LogP contribution in [0.4, 0.5) is 0 Å². The van der Waals surface area contributed by atoms with Gasteiger partial charge in [-0.15, -0.1) is 0 Å². The first-order valence-electron chi connectivity index (χ1n) is 10.2. The van der Waals surface area contributed by atoms with Crippen LogP contribution in [0, 0.1) is 0 Å². The van der Waals surface area contributed by atoms with E-state index in [0.717, 1.165) is 23.9 Å². The maximum atomic E-state index is 12.1. The number of benzene rings is 1. The Bertz CT molecular complexity index is 998. The van der Waals surface area contributed by atoms with E-state index in [4.69, 9.17) is 9.47 Å². The molecule has 0 aliphatic heterocycles. The molecule has 1 aliphatic rings. The van der Waals surface area contributed by atoms with Crippen LogP contribution in [0.3, 0.4) is 0 Å². The normalized spacial score (nSPS) is 15.1. The molecule has 0 radical (unpaired) electrons. The van der Waals surface area contributed by atoms with Crippen molar-refractivity contribution in [1.29, 1.82) is 0 Å². The van der Waals surface area contributed by atoms with Gasteiger partial charge in [0.2, 0.25) is 0 Å². The van der Waals surface area contributed by atoms with Gasteiger partial charge in [-0.2, -0.15) is 5.10 Å². The van der Waals surface area contributed by atoms with E-state index in [1.54, 1.807) is 36.3 Å². The summed E-state index contributed by atoms with van der Waals surface area (Å²) in [4.78, 5) is 16.6. The number of aliphatic hydroxyl groups is 1. The van der Waals surface area contributed by atoms with Crippen molar-refractivity contribution in [2.24, 2.45) is 0 Å². The smallest absolute Gasteiger partial charge is 0.251 e. The van der Waals surface area contributed by atoms with Crippen molar-refractivity contribution >= 4 is 16.9 Å². The minimum Gasteiger partial charge on any atom is -0.386 e. The number of pyridine rings is 1. The highest BCUT2D eigenvalue weighted by Crippen LogP contribution is 2.25. The number of nitrogens with one attached hydrogen (secondary N) is 1. The maximum Gasteiger partial charge on any atom is 0.251 e. The molecule has 1 fully saturated rings. The zero-order chi connectivity index (χ0) is 20.9. The average Bonchev–Trinajstić information content (AvgIpc) is 3.16. The van der Waals surface area contributed by atoms with Crippen LogP contribution in [0.2, 0.25) is 0 Å². The third kappa shape index (κ3) is 4.51. The van der Waals surface area contributed by atoms with Gasteiger partial charge in [-0.25, -0.2) is 9.67 Å². The number of nitrogens with zero attached hydrogens (tertiary/aromatic N) is 3. The highest BCUT2D eigenvalue weighted by Gasteiger charge is 2.20. The highest BCUT2D eigenvalue weighted by molar-refractivity contribution is 5.94. The number of aliphatic hydroxyl groups excluding tert-OH is 1. The molecule has 30 heavy (non-hydrogen) atoms. The van der Waals surface area contributed by atoms with E-state index in [1.807, 2.05) is 18.2 Å². The van der Waals surface area contributed by atoms with E-state index >= 15 is 0 Å². The monoisotopic (exact) mass is 410 g/mol. The molecule has 4 rings (SSSR count). The summed E-state index contributed by atoms with van der Waals surface area (Å²) < 4.78 is 12.4. The zero-order valence-corrected chi connectivity index (χ0v) is 17.0. The van der Waals surface area contributed by atoms with E-state index in [0.29, 0.717) is 29.9 Å². The molecule has 0 spiro atoms. The summed E-state index contributed by atoms with van der Waals surface area (Å²) in [6.07, 6.45) is 6.30. The SMILES string of the molecule is COCCNC(=O)c1ccc(-n2ncc3cc([C@H](O)COC4CCC4)cnc32)cc1. The fourth-order valence-electron chi connectivity index (χ4n) is 3.29. The molecule has 1 aliphatic carbocycles. The van der Waals surface area contributed by atoms with Crippen LogP contribution in [0.15, 0.2) is 42.7 Å². The molecule has 8 heteroatoms. The molecule has 1 atom stereocenters. The zero-order valence-electron chi connectivity index (χ0n) is 17.0. The van der Waals surface area contributed by atoms with Crippen LogP contribution in [0.25, 0.3) is 16.7 Å². The Hall–Kier alpha value is -2.81. The lowest BCUT2D eigenvalue weighted by atomic mass is 9.96. The number of carbonyl (C=O) groups is 1. The fourth-order valence-corrected chi connectivity index (χ4v) is 3.29. The number of amides is 1. The Morgan fingerprint density at radius 3 is 2.80 bits per heavy atom. The Kier molecular flexibility index (Phi) is 6.37. The highest BCUT2D eigenvalue weighted by atomic mass is 16.5. The van der Waals surface area contributed by atoms with Crippen molar-refractivity contribution < 1.29 is 19.4 Å². The van der Waals surface area contributed by atoms with E-state index in [9.17, 15) is 9.90 Å². The standard InChI is InChI=1S/C22H26N4O4/c1-29-10-9-23-22(28)15-5-7-18(8-6-15)26-21-17(13-25-26)11-16(12-24-21)20(27)14-30-19-3-2-4-19/h5-8,11-13,19-20,27H,2-4,9-10,14H2,1H3,(H,23,28)/t20-/m1/s1. The number of hydrogen-bond donors (Lipinski definition) is 2. The second-order valence-electron chi connectivity index (χ2n) is 7.44. The summed E-state index contributed by atoms with van der Waals surface area (Å²) >= 11 is 0. The third-order valence-electron chi connectivity index (χ3n) is 5.32. The van der Waals surface area contributed by atoms with Crippen molar-refractivity contribution in [2.75, 3.05) is 26.9 Å². The molecule has 2 aromatic heterocycles. The third-order valence-corrected chi connectivity index (χ3v) is 5.32. The minimum atomic E-state index is -0.707. The van der Waals surface area contributed by atoms with Crippen LogP contribution in [-0.2, 0) is 9.47 Å². The molecular formula is C22H26N4O4. The van der Waals surface area contributed by atoms with Crippen LogP contribution >= 0.6 is 0 Å². The number of methoxy groups -OCH3 is 1. The average molecular weight is 410 g/mol. The van der Waals surface area contributed by atoms with Crippen molar-refractivity contribution in [3.63, 3.8) is 0 Å². The Morgan fingerprint density at radius 2 is 2.10 bits per heavy atom. The quantitative estimate of drug-likeness (QED) is 0.526. The first-order chi connectivity index (χ1) is 14.7. The lowest BCUT2D eigenvalue weighted by molar-refractivity contribution is -0.0427. The van der Waals surface area contributed by atoms with E-state index in [1.165, 1.54) is 6.42 Å². The fraction of sp³-hybridized carbons (Fsp3) is 0.409. The summed E-state index contributed by atoms with van der Waals surface area (Å²) in [5, 5.41) is 18.4. The summed E-state index contributed by atoms with van der Waals surface area (Å²) in [7, 11) is 1.59. The van der Waals surface area contributed by atoms with E-state index < -0.39 is 6.10 Å². The molecule has 0 bridgehead atoms. The lowest BCUT2D eigenvalue weighted by Gasteiger charge is -2.26. The van der Waals surface area contributed by atoms with Crippen LogP contribution in [0.5, 0.6) is 0 Å². The van der Waals surface area contributed by atoms with Gasteiger partial charge >= 0.3 is 0 Å². The molecule has 0 saturated heterocycles. The lowest BCUT2D eigenvalue weighted by Crippen LogP contribution is -2.26. The molecule has 8 nitrogen and oxygen atoms in total. The maximum absolute atomic E-state index is 12.1. The molecule has 0 unspecified atom stereocenters. The van der Waals surface area contributed by atoms with Crippen molar-refractivity contribution in [3.05, 3.63) is 53.9 Å². The van der Waals surface area contributed by atoms with Crippen molar-refractivity contribution in [3.8, 4) is 5.69 Å². The first-order valence-corrected chi connectivity index (χ1v) is 10.2. The molecule has 2 N–H and O–H groups in total. The van der Waals surface area contributed by atoms with Gasteiger partial charge in [-0.1, -0.05) is 0 Å². The van der Waals surface area contributed by atoms with Crippen molar-refractivity contribution in [1.82, 2.24) is 20.1 Å². The molecule has 2 heterocycles. The summed E-state index contributed by atoms with van der Waals surface area (Å²) in [5.41, 5.74) is 2.76. The van der Waals surface area contributed by atoms with Gasteiger partial charge < -0.3 is 19.9 Å². The molecular weight excluding hydrogens is 384 g/mol. The van der Waals surface area contributed by atoms with Gasteiger partial charge in [-0.05, 0) is 49.6 Å². The molecule has 1 aromatic carbocycles.